The van der Waals surface area contributed by atoms with E-state index in [1.807, 2.05) is 0 Å². The fourth-order valence-corrected chi connectivity index (χ4v) is 2.02. The summed E-state index contributed by atoms with van der Waals surface area (Å²) < 4.78 is 15.4. The molecule has 1 aliphatic rings. The first-order valence-corrected chi connectivity index (χ1v) is 6.38. The fourth-order valence-electron chi connectivity index (χ4n) is 2.02. The number of hydrogen-bond acceptors (Lipinski definition) is 5. The number of amides is 1. The second-order valence-corrected chi connectivity index (χ2v) is 4.81. The molecule has 0 aliphatic carbocycles. The summed E-state index contributed by atoms with van der Waals surface area (Å²) >= 11 is 0. The van der Waals surface area contributed by atoms with Crippen LogP contribution in [0, 0.1) is 0 Å². The molecule has 20 heavy (non-hydrogen) atoms. The molecule has 1 fully saturated rings. The topological polar surface area (TPSA) is 77.0 Å². The Morgan fingerprint density at radius 1 is 1.35 bits per heavy atom. The predicted octanol–water partition coefficient (Wildman–Crippen LogP) is 0.585. The number of aliphatic hydroxyl groups is 1. The Morgan fingerprint density at radius 2 is 2.00 bits per heavy atom. The fraction of sp³-hybridized carbons (Fsp3) is 0.500. The zero-order valence-corrected chi connectivity index (χ0v) is 11.6. The molecule has 1 atom stereocenters. The van der Waals surface area contributed by atoms with Crippen molar-refractivity contribution in [2.45, 2.75) is 12.0 Å². The predicted molar refractivity (Wildman–Crippen MR) is 72.3 cm³/mol. The Hall–Kier alpha value is -1.79. The second-order valence-electron chi connectivity index (χ2n) is 4.81. The van der Waals surface area contributed by atoms with Gasteiger partial charge in [-0.15, -0.1) is 0 Å². The molecule has 0 saturated carbocycles. The van der Waals surface area contributed by atoms with Crippen molar-refractivity contribution in [1.29, 1.82) is 0 Å². The number of ether oxygens (including phenoxy) is 3. The third-order valence-corrected chi connectivity index (χ3v) is 3.27. The molecule has 6 heteroatoms. The molecule has 1 aromatic rings. The van der Waals surface area contributed by atoms with Crippen LogP contribution in [0.5, 0.6) is 11.5 Å². The van der Waals surface area contributed by atoms with Gasteiger partial charge in [0.05, 0.1) is 20.8 Å². The Morgan fingerprint density at radius 3 is 2.50 bits per heavy atom. The monoisotopic (exact) mass is 281 g/mol. The van der Waals surface area contributed by atoms with Gasteiger partial charge in [-0.1, -0.05) is 0 Å². The van der Waals surface area contributed by atoms with Crippen LogP contribution >= 0.6 is 0 Å². The first-order valence-electron chi connectivity index (χ1n) is 6.38. The molecule has 2 rings (SSSR count). The Kier molecular flexibility index (Phi) is 4.46. The highest BCUT2D eigenvalue weighted by Gasteiger charge is 2.32. The van der Waals surface area contributed by atoms with Gasteiger partial charge in [0.1, 0.15) is 17.1 Å². The van der Waals surface area contributed by atoms with E-state index in [0.29, 0.717) is 30.1 Å². The minimum Gasteiger partial charge on any atom is -0.497 e. The van der Waals surface area contributed by atoms with Crippen molar-refractivity contribution in [3.63, 3.8) is 0 Å². The van der Waals surface area contributed by atoms with Crippen LogP contribution in [0.3, 0.4) is 0 Å². The second kappa shape index (κ2) is 6.11. The molecule has 0 spiro atoms. The van der Waals surface area contributed by atoms with E-state index >= 15 is 0 Å². The summed E-state index contributed by atoms with van der Waals surface area (Å²) in [5, 5.41) is 12.8. The maximum absolute atomic E-state index is 12.1. The number of carbonyl (C=O) groups excluding carboxylic acids is 1. The molecule has 0 radical (unpaired) electrons. The maximum Gasteiger partial charge on any atom is 0.251 e. The minimum atomic E-state index is -0.974. The van der Waals surface area contributed by atoms with E-state index in [1.54, 1.807) is 18.2 Å². The number of benzene rings is 1. The summed E-state index contributed by atoms with van der Waals surface area (Å²) in [7, 11) is 3.05. The van der Waals surface area contributed by atoms with E-state index in [1.165, 1.54) is 14.2 Å². The minimum absolute atomic E-state index is 0.158. The van der Waals surface area contributed by atoms with Crippen LogP contribution in [-0.2, 0) is 4.74 Å². The van der Waals surface area contributed by atoms with Gasteiger partial charge in [0.25, 0.3) is 5.91 Å². The van der Waals surface area contributed by atoms with Gasteiger partial charge in [-0.2, -0.15) is 0 Å². The Labute approximate surface area is 117 Å². The molecular weight excluding hydrogens is 262 g/mol. The number of carbonyl (C=O) groups is 1. The molecule has 1 aromatic carbocycles. The van der Waals surface area contributed by atoms with Gasteiger partial charge >= 0.3 is 0 Å². The molecular formula is C14H19NO5. The van der Waals surface area contributed by atoms with E-state index in [0.717, 1.165) is 0 Å². The summed E-state index contributed by atoms with van der Waals surface area (Å²) in [5.74, 6) is 0.789. The van der Waals surface area contributed by atoms with Crippen molar-refractivity contribution >= 4 is 5.91 Å². The molecule has 1 amide bonds. The third-order valence-electron chi connectivity index (χ3n) is 3.27. The normalized spacial score (nSPS) is 21.6. The van der Waals surface area contributed by atoms with E-state index in [2.05, 4.69) is 5.32 Å². The molecule has 0 aromatic heterocycles. The van der Waals surface area contributed by atoms with Gasteiger partial charge in [0.2, 0.25) is 0 Å². The lowest BCUT2D eigenvalue weighted by molar-refractivity contribution is 0.0264. The van der Waals surface area contributed by atoms with Gasteiger partial charge < -0.3 is 24.6 Å². The molecule has 6 nitrogen and oxygen atoms in total. The van der Waals surface area contributed by atoms with Crippen LogP contribution in [0.25, 0.3) is 0 Å². The highest BCUT2D eigenvalue weighted by atomic mass is 16.5. The van der Waals surface area contributed by atoms with Gasteiger partial charge in [-0.05, 0) is 12.1 Å². The highest BCUT2D eigenvalue weighted by Crippen LogP contribution is 2.23. The first-order chi connectivity index (χ1) is 9.56. The van der Waals surface area contributed by atoms with Crippen molar-refractivity contribution in [3.05, 3.63) is 23.8 Å². The maximum atomic E-state index is 12.1. The van der Waals surface area contributed by atoms with Gasteiger partial charge in [-0.3, -0.25) is 4.79 Å². The third kappa shape index (κ3) is 3.40. The average Bonchev–Trinajstić information content (AvgIpc) is 2.91. The highest BCUT2D eigenvalue weighted by molar-refractivity contribution is 5.95. The standard InChI is InChI=1S/C14H19NO5/c1-18-11-5-10(6-12(7-11)19-2)13(16)15-8-14(17)3-4-20-9-14/h5-7,17H,3-4,8-9H2,1-2H3,(H,15,16). The molecule has 2 N–H and O–H groups in total. The Bertz CT molecular complexity index is 460. The van der Waals surface area contributed by atoms with Crippen LogP contribution in [0.4, 0.5) is 0 Å². The van der Waals surface area contributed by atoms with Crippen molar-refractivity contribution in [2.24, 2.45) is 0 Å². The zero-order valence-electron chi connectivity index (χ0n) is 11.6. The quantitative estimate of drug-likeness (QED) is 0.826. The SMILES string of the molecule is COc1cc(OC)cc(C(=O)NCC2(O)CCOC2)c1. The van der Waals surface area contributed by atoms with E-state index in [4.69, 9.17) is 14.2 Å². The van der Waals surface area contributed by atoms with Crippen molar-refractivity contribution in [3.8, 4) is 11.5 Å². The summed E-state index contributed by atoms with van der Waals surface area (Å²) in [4.78, 5) is 12.1. The molecule has 110 valence electrons. The number of hydrogen-bond donors (Lipinski definition) is 2. The van der Waals surface area contributed by atoms with E-state index in [9.17, 15) is 9.90 Å². The number of nitrogens with one attached hydrogen (secondary N) is 1. The largest absolute Gasteiger partial charge is 0.497 e. The van der Waals surface area contributed by atoms with Crippen LogP contribution in [-0.4, -0.2) is 50.6 Å². The molecule has 1 saturated heterocycles. The summed E-state index contributed by atoms with van der Waals surface area (Å²) in [6.07, 6.45) is 0.523. The Balaban J connectivity index is 2.04. The van der Waals surface area contributed by atoms with Crippen molar-refractivity contribution < 1.29 is 24.1 Å². The summed E-state index contributed by atoms with van der Waals surface area (Å²) in [6, 6.07) is 4.93. The zero-order chi connectivity index (χ0) is 14.6. The van der Waals surface area contributed by atoms with E-state index < -0.39 is 5.60 Å². The summed E-state index contributed by atoms with van der Waals surface area (Å²) in [5.41, 5.74) is -0.553. The first kappa shape index (κ1) is 14.6. The summed E-state index contributed by atoms with van der Waals surface area (Å²) in [6.45, 7) is 0.916. The lowest BCUT2D eigenvalue weighted by atomic mass is 10.0. The van der Waals surface area contributed by atoms with Crippen LogP contribution in [0.1, 0.15) is 16.8 Å². The molecule has 1 aliphatic heterocycles. The molecule has 1 heterocycles. The average molecular weight is 281 g/mol. The van der Waals surface area contributed by atoms with Crippen LogP contribution in [0.15, 0.2) is 18.2 Å². The van der Waals surface area contributed by atoms with Crippen molar-refractivity contribution in [2.75, 3.05) is 34.0 Å². The van der Waals surface area contributed by atoms with Crippen LogP contribution < -0.4 is 14.8 Å². The van der Waals surface area contributed by atoms with Gasteiger partial charge in [0, 0.05) is 31.2 Å². The van der Waals surface area contributed by atoms with Gasteiger partial charge in [-0.25, -0.2) is 0 Å². The lowest BCUT2D eigenvalue weighted by Gasteiger charge is -2.20. The lowest BCUT2D eigenvalue weighted by Crippen LogP contribution is -2.43. The van der Waals surface area contributed by atoms with Gasteiger partial charge in [0.15, 0.2) is 0 Å². The van der Waals surface area contributed by atoms with Crippen molar-refractivity contribution in [1.82, 2.24) is 5.32 Å². The number of rotatable bonds is 5. The molecule has 1 unspecified atom stereocenters. The smallest absolute Gasteiger partial charge is 0.251 e. The van der Waals surface area contributed by atoms with Crippen LogP contribution in [0.2, 0.25) is 0 Å². The number of methoxy groups -OCH3 is 2. The van der Waals surface area contributed by atoms with E-state index in [-0.39, 0.29) is 19.1 Å². The molecule has 0 bridgehead atoms.